The predicted octanol–water partition coefficient (Wildman–Crippen LogP) is 3.85. The Morgan fingerprint density at radius 2 is 1.62 bits per heavy atom. The first-order valence-electron chi connectivity index (χ1n) is 10.1. The lowest BCUT2D eigenvalue weighted by molar-refractivity contribution is -0.142. The molecule has 0 aromatic heterocycles. The molecule has 0 aliphatic heterocycles. The van der Waals surface area contributed by atoms with Crippen LogP contribution in [0.2, 0.25) is 5.02 Å². The van der Waals surface area contributed by atoms with E-state index in [1.807, 2.05) is 18.2 Å². The minimum Gasteiger partial charge on any atom is -0.468 e. The summed E-state index contributed by atoms with van der Waals surface area (Å²) in [7, 11) is -2.88. The second kappa shape index (κ2) is 11.5. The van der Waals surface area contributed by atoms with E-state index in [1.165, 1.54) is 31.4 Å². The second-order valence-electron chi connectivity index (χ2n) is 7.05. The average Bonchev–Trinajstić information content (AvgIpc) is 2.84. The number of nitrogens with one attached hydrogen (secondary N) is 2. The van der Waals surface area contributed by atoms with E-state index in [9.17, 15) is 18.0 Å². The summed E-state index contributed by atoms with van der Waals surface area (Å²) in [5.41, 5.74) is 1.54. The molecule has 9 heteroatoms. The van der Waals surface area contributed by atoms with E-state index in [1.54, 1.807) is 36.4 Å². The van der Waals surface area contributed by atoms with Gasteiger partial charge in [-0.2, -0.15) is 4.72 Å². The van der Waals surface area contributed by atoms with E-state index in [0.717, 1.165) is 5.56 Å². The van der Waals surface area contributed by atoms with Crippen LogP contribution in [0.15, 0.2) is 83.8 Å². The zero-order valence-electron chi connectivity index (χ0n) is 18.1. The largest absolute Gasteiger partial charge is 0.468 e. The summed E-state index contributed by atoms with van der Waals surface area (Å²) >= 11 is 5.83. The quantitative estimate of drug-likeness (QED) is 0.382. The van der Waals surface area contributed by atoms with E-state index in [2.05, 4.69) is 21.9 Å². The lowest BCUT2D eigenvalue weighted by Crippen LogP contribution is -2.41. The molecular formula is C25H21ClN2O5S. The molecule has 0 bridgehead atoms. The Morgan fingerprint density at radius 3 is 2.24 bits per heavy atom. The van der Waals surface area contributed by atoms with Gasteiger partial charge in [-0.25, -0.2) is 8.42 Å². The van der Waals surface area contributed by atoms with Crippen molar-refractivity contribution in [2.45, 2.75) is 17.4 Å². The molecule has 0 spiro atoms. The van der Waals surface area contributed by atoms with Gasteiger partial charge < -0.3 is 10.1 Å². The van der Waals surface area contributed by atoms with Gasteiger partial charge in [-0.1, -0.05) is 41.6 Å². The highest BCUT2D eigenvalue weighted by molar-refractivity contribution is 7.89. The van der Waals surface area contributed by atoms with Crippen molar-refractivity contribution in [1.29, 1.82) is 0 Å². The monoisotopic (exact) mass is 496 g/mol. The van der Waals surface area contributed by atoms with Gasteiger partial charge in [0.15, 0.2) is 0 Å². The van der Waals surface area contributed by atoms with E-state index >= 15 is 0 Å². The summed E-state index contributed by atoms with van der Waals surface area (Å²) in [5.74, 6) is 4.57. The molecule has 0 radical (unpaired) electrons. The maximum absolute atomic E-state index is 12.8. The van der Waals surface area contributed by atoms with Crippen LogP contribution in [0, 0.1) is 11.8 Å². The fourth-order valence-corrected chi connectivity index (χ4v) is 4.18. The van der Waals surface area contributed by atoms with Crippen LogP contribution in [0.3, 0.4) is 0 Å². The summed E-state index contributed by atoms with van der Waals surface area (Å²) in [4.78, 5) is 24.4. The molecule has 174 valence electrons. The molecule has 0 saturated carbocycles. The Kier molecular flexibility index (Phi) is 8.44. The van der Waals surface area contributed by atoms with Crippen LogP contribution in [-0.4, -0.2) is 33.4 Å². The average molecular weight is 497 g/mol. The Morgan fingerprint density at radius 1 is 0.971 bits per heavy atom. The summed E-state index contributed by atoms with van der Waals surface area (Å²) < 4.78 is 32.7. The van der Waals surface area contributed by atoms with Gasteiger partial charge in [-0.15, -0.1) is 0 Å². The van der Waals surface area contributed by atoms with Crippen molar-refractivity contribution in [2.24, 2.45) is 0 Å². The highest BCUT2D eigenvalue weighted by Crippen LogP contribution is 2.17. The minimum atomic E-state index is -4.06. The van der Waals surface area contributed by atoms with Crippen molar-refractivity contribution in [1.82, 2.24) is 4.72 Å². The minimum absolute atomic E-state index is 0.0734. The Bertz CT molecular complexity index is 1310. The van der Waals surface area contributed by atoms with Crippen LogP contribution in [-0.2, 0) is 19.6 Å². The van der Waals surface area contributed by atoms with Crippen LogP contribution in [0.25, 0.3) is 0 Å². The number of hydrogen-bond donors (Lipinski definition) is 2. The highest BCUT2D eigenvalue weighted by Gasteiger charge is 2.26. The van der Waals surface area contributed by atoms with Crippen LogP contribution in [0.4, 0.5) is 5.69 Å². The highest BCUT2D eigenvalue weighted by atomic mass is 35.5. The summed E-state index contributed by atoms with van der Waals surface area (Å²) in [6.07, 6.45) is -0.0734. The van der Waals surface area contributed by atoms with Gasteiger partial charge in [0.25, 0.3) is 5.91 Å². The van der Waals surface area contributed by atoms with Crippen LogP contribution < -0.4 is 10.0 Å². The van der Waals surface area contributed by atoms with Gasteiger partial charge in [0.2, 0.25) is 10.0 Å². The molecule has 1 atom stereocenters. The molecule has 3 aromatic rings. The summed E-state index contributed by atoms with van der Waals surface area (Å²) in [5, 5.41) is 3.19. The number of carbonyl (C=O) groups excluding carboxylic acids is 2. The SMILES string of the molecule is COC(=O)C(CC#Cc1ccccc1)NS(=O)(=O)c1ccc(NC(=O)c2ccc(Cl)cc2)cc1. The number of methoxy groups -OCH3 is 1. The van der Waals surface area contributed by atoms with Crippen molar-refractivity contribution < 1.29 is 22.7 Å². The van der Waals surface area contributed by atoms with E-state index in [-0.39, 0.29) is 17.2 Å². The van der Waals surface area contributed by atoms with Gasteiger partial charge >= 0.3 is 5.97 Å². The molecule has 7 nitrogen and oxygen atoms in total. The standard InChI is InChI=1S/C25H21ClN2O5S/c1-33-25(30)23(9-5-8-18-6-3-2-4-7-18)28-34(31,32)22-16-14-21(15-17-22)27-24(29)19-10-12-20(26)13-11-19/h2-4,6-7,10-17,23,28H,9H2,1H3,(H,27,29). The molecule has 3 aromatic carbocycles. The molecule has 1 unspecified atom stereocenters. The smallest absolute Gasteiger partial charge is 0.324 e. The number of benzene rings is 3. The van der Waals surface area contributed by atoms with Crippen molar-refractivity contribution in [3.63, 3.8) is 0 Å². The summed E-state index contributed by atoms with van der Waals surface area (Å²) in [6, 6.07) is 19.8. The lowest BCUT2D eigenvalue weighted by Gasteiger charge is -2.15. The third-order valence-corrected chi connectivity index (χ3v) is 6.36. The molecule has 2 N–H and O–H groups in total. The van der Waals surface area contributed by atoms with Crippen LogP contribution in [0.5, 0.6) is 0 Å². The van der Waals surface area contributed by atoms with Gasteiger partial charge in [0, 0.05) is 28.3 Å². The fraction of sp³-hybridized carbons (Fsp3) is 0.120. The number of rotatable bonds is 7. The van der Waals surface area contributed by atoms with Crippen molar-refractivity contribution in [2.75, 3.05) is 12.4 Å². The number of anilines is 1. The van der Waals surface area contributed by atoms with Crippen LogP contribution in [0.1, 0.15) is 22.3 Å². The molecule has 1 amide bonds. The molecule has 0 aliphatic rings. The molecular weight excluding hydrogens is 476 g/mol. The molecule has 0 saturated heterocycles. The Labute approximate surface area is 203 Å². The normalized spacial score (nSPS) is 11.6. The first-order chi connectivity index (χ1) is 16.3. The number of halogens is 1. The maximum atomic E-state index is 12.8. The number of esters is 1. The first-order valence-corrected chi connectivity index (χ1v) is 12.0. The molecule has 0 fully saturated rings. The van der Waals surface area contributed by atoms with Crippen LogP contribution >= 0.6 is 11.6 Å². The predicted molar refractivity (Wildman–Crippen MR) is 130 cm³/mol. The lowest BCUT2D eigenvalue weighted by atomic mass is 10.2. The first kappa shape index (κ1) is 25.0. The van der Waals surface area contributed by atoms with Gasteiger partial charge in [-0.05, 0) is 60.7 Å². The van der Waals surface area contributed by atoms with E-state index in [4.69, 9.17) is 16.3 Å². The van der Waals surface area contributed by atoms with Gasteiger partial charge in [0.1, 0.15) is 6.04 Å². The number of sulfonamides is 1. The van der Waals surface area contributed by atoms with Gasteiger partial charge in [0.05, 0.1) is 12.0 Å². The number of hydrogen-bond acceptors (Lipinski definition) is 5. The maximum Gasteiger partial charge on any atom is 0.324 e. The fourth-order valence-electron chi connectivity index (χ4n) is 2.87. The van der Waals surface area contributed by atoms with Crippen molar-refractivity contribution in [3.8, 4) is 11.8 Å². The third kappa shape index (κ3) is 6.93. The zero-order valence-corrected chi connectivity index (χ0v) is 19.7. The number of amides is 1. The molecule has 0 aliphatic carbocycles. The third-order valence-electron chi connectivity index (χ3n) is 4.62. The number of carbonyl (C=O) groups is 2. The second-order valence-corrected chi connectivity index (χ2v) is 9.20. The van der Waals surface area contributed by atoms with Crippen molar-refractivity contribution in [3.05, 3.63) is 95.0 Å². The Hall–Kier alpha value is -3.64. The zero-order chi connectivity index (χ0) is 24.6. The summed E-state index contributed by atoms with van der Waals surface area (Å²) in [6.45, 7) is 0. The van der Waals surface area contributed by atoms with Crippen molar-refractivity contribution >= 4 is 39.2 Å². The topological polar surface area (TPSA) is 102 Å². The molecule has 34 heavy (non-hydrogen) atoms. The number of ether oxygens (including phenoxy) is 1. The van der Waals surface area contributed by atoms with E-state index < -0.39 is 22.0 Å². The molecule has 3 rings (SSSR count). The van der Waals surface area contributed by atoms with Gasteiger partial charge in [-0.3, -0.25) is 9.59 Å². The Balaban J connectivity index is 1.69. The molecule has 0 heterocycles. The van der Waals surface area contributed by atoms with E-state index in [0.29, 0.717) is 16.3 Å².